The van der Waals surface area contributed by atoms with Crippen LogP contribution in [0.1, 0.15) is 22.3 Å². The summed E-state index contributed by atoms with van der Waals surface area (Å²) in [5, 5.41) is 0.753. The summed E-state index contributed by atoms with van der Waals surface area (Å²) >= 11 is 1.34. The molecule has 0 N–H and O–H groups in total. The van der Waals surface area contributed by atoms with E-state index in [1.807, 2.05) is 18.7 Å². The van der Waals surface area contributed by atoms with Crippen LogP contribution in [0.5, 0.6) is 0 Å². The molecule has 0 aliphatic carbocycles. The number of nitrogens with zero attached hydrogens (tertiary/aromatic N) is 2. The molecule has 0 aliphatic rings. The Kier molecular flexibility index (Phi) is 3.72. The van der Waals surface area contributed by atoms with Crippen LogP contribution in [0.3, 0.4) is 0 Å². The Morgan fingerprint density at radius 2 is 2.06 bits per heavy atom. The van der Waals surface area contributed by atoms with Crippen LogP contribution in [-0.4, -0.2) is 17.8 Å². The second kappa shape index (κ2) is 5.27. The lowest BCUT2D eigenvalue weighted by Crippen LogP contribution is -2.15. The van der Waals surface area contributed by atoms with Crippen LogP contribution in [-0.2, 0) is 0 Å². The molecule has 2 aromatic rings. The molecular weight excluding hydrogens is 251 g/mol. The molecule has 0 spiro atoms. The molecule has 2 rings (SSSR count). The first kappa shape index (κ1) is 12.7. The zero-order chi connectivity index (χ0) is 13.1. The summed E-state index contributed by atoms with van der Waals surface area (Å²) in [5.74, 6) is -0.265. The molecule has 0 fully saturated rings. The van der Waals surface area contributed by atoms with Gasteiger partial charge >= 0.3 is 0 Å². The molecule has 1 aromatic carbocycles. The molecule has 0 radical (unpaired) electrons. The molecule has 0 aliphatic heterocycles. The van der Waals surface area contributed by atoms with Crippen LogP contribution >= 0.6 is 11.3 Å². The summed E-state index contributed by atoms with van der Waals surface area (Å²) in [4.78, 5) is 17.8. The van der Waals surface area contributed by atoms with Gasteiger partial charge in [0.1, 0.15) is 5.82 Å². The van der Waals surface area contributed by atoms with Crippen molar-refractivity contribution < 1.29 is 9.18 Å². The highest BCUT2D eigenvalue weighted by Gasteiger charge is 2.14. The van der Waals surface area contributed by atoms with Crippen molar-refractivity contribution in [1.29, 1.82) is 0 Å². The van der Waals surface area contributed by atoms with E-state index in [1.165, 1.54) is 23.5 Å². The van der Waals surface area contributed by atoms with Crippen LogP contribution in [0.15, 0.2) is 24.3 Å². The van der Waals surface area contributed by atoms with E-state index in [0.29, 0.717) is 11.4 Å². The monoisotopic (exact) mass is 264 g/mol. The number of anilines is 2. The number of hydrogen-bond donors (Lipinski definition) is 0. The van der Waals surface area contributed by atoms with Crippen LogP contribution in [0.4, 0.5) is 15.2 Å². The van der Waals surface area contributed by atoms with Gasteiger partial charge in [0.2, 0.25) is 0 Å². The Hall–Kier alpha value is -1.75. The first-order valence-corrected chi connectivity index (χ1v) is 6.43. The molecule has 94 valence electrons. The summed E-state index contributed by atoms with van der Waals surface area (Å²) in [5.41, 5.74) is 1.59. The first-order chi connectivity index (χ1) is 8.65. The van der Waals surface area contributed by atoms with Crippen LogP contribution in [0, 0.1) is 12.7 Å². The van der Waals surface area contributed by atoms with Crippen LogP contribution in [0.25, 0.3) is 0 Å². The Labute approximate surface area is 109 Å². The largest absolute Gasteiger partial charge is 0.318 e. The fourth-order valence-corrected chi connectivity index (χ4v) is 2.63. The summed E-state index contributed by atoms with van der Waals surface area (Å²) in [6.45, 7) is 4.50. The van der Waals surface area contributed by atoms with Crippen molar-refractivity contribution >= 4 is 28.4 Å². The second-order valence-electron chi connectivity index (χ2n) is 3.78. The van der Waals surface area contributed by atoms with Gasteiger partial charge in [-0.3, -0.25) is 4.79 Å². The van der Waals surface area contributed by atoms with E-state index in [4.69, 9.17) is 0 Å². The molecule has 18 heavy (non-hydrogen) atoms. The van der Waals surface area contributed by atoms with Gasteiger partial charge in [0.15, 0.2) is 11.4 Å². The fraction of sp³-hybridized carbons (Fsp3) is 0.231. The number of halogens is 1. The topological polar surface area (TPSA) is 33.2 Å². The van der Waals surface area contributed by atoms with Gasteiger partial charge in [-0.15, -0.1) is 0 Å². The third kappa shape index (κ3) is 2.41. The number of benzene rings is 1. The molecule has 1 heterocycles. The normalized spacial score (nSPS) is 10.4. The van der Waals surface area contributed by atoms with Gasteiger partial charge in [-0.05, 0) is 38.1 Å². The minimum Gasteiger partial charge on any atom is -0.318 e. The van der Waals surface area contributed by atoms with Gasteiger partial charge in [0.25, 0.3) is 0 Å². The molecule has 0 amide bonds. The molecular formula is C13H13FN2OS. The Morgan fingerprint density at radius 3 is 2.56 bits per heavy atom. The molecule has 0 saturated carbocycles. The maximum Gasteiger partial charge on any atom is 0.190 e. The molecule has 5 heteroatoms. The average molecular weight is 264 g/mol. The lowest BCUT2D eigenvalue weighted by atomic mass is 10.3. The van der Waals surface area contributed by atoms with Crippen LogP contribution < -0.4 is 4.90 Å². The van der Waals surface area contributed by atoms with Gasteiger partial charge in [-0.2, -0.15) is 0 Å². The maximum atomic E-state index is 12.9. The number of aryl methyl sites for hydroxylation is 1. The van der Waals surface area contributed by atoms with Crippen molar-refractivity contribution in [3.8, 4) is 0 Å². The number of carbonyl (C=O) groups excluding carboxylic acids is 1. The predicted molar refractivity (Wildman–Crippen MR) is 71.3 cm³/mol. The van der Waals surface area contributed by atoms with Gasteiger partial charge < -0.3 is 4.90 Å². The summed E-state index contributed by atoms with van der Waals surface area (Å²) in [6.07, 6.45) is 0.814. The van der Waals surface area contributed by atoms with E-state index >= 15 is 0 Å². The van der Waals surface area contributed by atoms with Crippen molar-refractivity contribution in [2.75, 3.05) is 11.4 Å². The predicted octanol–water partition coefficient (Wildman–Crippen LogP) is 3.56. The van der Waals surface area contributed by atoms with E-state index in [9.17, 15) is 9.18 Å². The molecule has 0 atom stereocenters. The summed E-state index contributed by atoms with van der Waals surface area (Å²) < 4.78 is 12.9. The van der Waals surface area contributed by atoms with Crippen molar-refractivity contribution in [2.45, 2.75) is 13.8 Å². The van der Waals surface area contributed by atoms with E-state index < -0.39 is 0 Å². The van der Waals surface area contributed by atoms with Crippen molar-refractivity contribution in [2.24, 2.45) is 0 Å². The lowest BCUT2D eigenvalue weighted by Gasteiger charge is -2.19. The van der Waals surface area contributed by atoms with E-state index in [1.54, 1.807) is 12.1 Å². The van der Waals surface area contributed by atoms with E-state index in [-0.39, 0.29) is 5.82 Å². The third-order valence-corrected chi connectivity index (χ3v) is 3.72. The highest BCUT2D eigenvalue weighted by Crippen LogP contribution is 2.30. The van der Waals surface area contributed by atoms with Gasteiger partial charge in [0, 0.05) is 12.2 Å². The smallest absolute Gasteiger partial charge is 0.190 e. The second-order valence-corrected chi connectivity index (χ2v) is 4.79. The zero-order valence-corrected chi connectivity index (χ0v) is 11.0. The number of carbonyl (C=O) groups is 1. The zero-order valence-electron chi connectivity index (χ0n) is 10.2. The first-order valence-electron chi connectivity index (χ1n) is 5.61. The van der Waals surface area contributed by atoms with Gasteiger partial charge in [0.05, 0.1) is 10.6 Å². The highest BCUT2D eigenvalue weighted by atomic mass is 32.1. The molecule has 3 nitrogen and oxygen atoms in total. The number of aromatic nitrogens is 1. The third-order valence-electron chi connectivity index (χ3n) is 2.61. The SMILES string of the molecule is CCN(c1ccc(F)cc1)c1nc(C)c(C=O)s1. The van der Waals surface area contributed by atoms with Gasteiger partial charge in [-0.1, -0.05) is 11.3 Å². The fourth-order valence-electron chi connectivity index (χ4n) is 1.67. The van der Waals surface area contributed by atoms with Gasteiger partial charge in [-0.25, -0.2) is 9.37 Å². The Bertz CT molecular complexity index is 551. The average Bonchev–Trinajstić information content (AvgIpc) is 2.74. The highest BCUT2D eigenvalue weighted by molar-refractivity contribution is 7.17. The number of hydrogen-bond acceptors (Lipinski definition) is 4. The number of rotatable bonds is 4. The minimum absolute atomic E-state index is 0.265. The molecule has 0 saturated heterocycles. The van der Waals surface area contributed by atoms with Crippen LogP contribution in [0.2, 0.25) is 0 Å². The number of thiazole rings is 1. The standard InChI is InChI=1S/C13H13FN2OS/c1-3-16(11-6-4-10(14)5-7-11)13-15-9(2)12(8-17)18-13/h4-8H,3H2,1-2H3. The minimum atomic E-state index is -0.265. The molecule has 1 aromatic heterocycles. The van der Waals surface area contributed by atoms with Crippen molar-refractivity contribution in [3.63, 3.8) is 0 Å². The Morgan fingerprint density at radius 1 is 1.39 bits per heavy atom. The lowest BCUT2D eigenvalue weighted by molar-refractivity contribution is 0.112. The van der Waals surface area contributed by atoms with E-state index in [0.717, 1.165) is 22.8 Å². The summed E-state index contributed by atoms with van der Waals surface area (Å²) in [6, 6.07) is 6.24. The summed E-state index contributed by atoms with van der Waals surface area (Å²) in [7, 11) is 0. The molecule has 0 bridgehead atoms. The maximum absolute atomic E-state index is 12.9. The Balaban J connectivity index is 2.38. The van der Waals surface area contributed by atoms with Crippen molar-refractivity contribution in [1.82, 2.24) is 4.98 Å². The number of aldehydes is 1. The van der Waals surface area contributed by atoms with E-state index in [2.05, 4.69) is 4.98 Å². The quantitative estimate of drug-likeness (QED) is 0.792. The van der Waals surface area contributed by atoms with Crippen molar-refractivity contribution in [3.05, 3.63) is 40.7 Å². The molecule has 0 unspecified atom stereocenters.